The van der Waals surface area contributed by atoms with Gasteiger partial charge in [0.15, 0.2) is 9.84 Å². The number of piperidine rings is 1. The van der Waals surface area contributed by atoms with E-state index in [-0.39, 0.29) is 18.4 Å². The van der Waals surface area contributed by atoms with Crippen LogP contribution in [-0.2, 0) is 24.7 Å². The third-order valence-electron chi connectivity index (χ3n) is 4.33. The van der Waals surface area contributed by atoms with Crippen LogP contribution in [0.25, 0.3) is 0 Å². The minimum absolute atomic E-state index is 0.0331. The van der Waals surface area contributed by atoms with E-state index >= 15 is 0 Å². The number of carbonyl (C=O) groups is 1. The molecule has 0 aliphatic carbocycles. The smallest absolute Gasteiger partial charge is 0.225 e. The van der Waals surface area contributed by atoms with Gasteiger partial charge in [0.05, 0.1) is 11.5 Å². The summed E-state index contributed by atoms with van der Waals surface area (Å²) in [5, 5.41) is -0.461. The molecule has 0 N–H and O–H groups in total. The van der Waals surface area contributed by atoms with Crippen LogP contribution in [0, 0.1) is 5.92 Å². The van der Waals surface area contributed by atoms with E-state index in [1.807, 2.05) is 0 Å². The zero-order chi connectivity index (χ0) is 15.8. The number of likely N-dealkylation sites (tertiary alicyclic amines) is 1. The SMILES string of the molecule is CS(=O)(=O)C1CCN(C(=O)C2CCN(S(C)(=O)=O)CC2)C1. The van der Waals surface area contributed by atoms with Crippen molar-refractivity contribution in [1.29, 1.82) is 0 Å². The van der Waals surface area contributed by atoms with Crippen molar-refractivity contribution in [3.05, 3.63) is 0 Å². The summed E-state index contributed by atoms with van der Waals surface area (Å²) in [4.78, 5) is 14.0. The van der Waals surface area contributed by atoms with Crippen molar-refractivity contribution in [2.45, 2.75) is 24.5 Å². The van der Waals surface area contributed by atoms with E-state index in [0.29, 0.717) is 38.9 Å². The molecule has 0 bridgehead atoms. The van der Waals surface area contributed by atoms with Crippen LogP contribution < -0.4 is 0 Å². The Morgan fingerprint density at radius 3 is 1.95 bits per heavy atom. The maximum Gasteiger partial charge on any atom is 0.225 e. The molecule has 0 aromatic heterocycles. The average molecular weight is 338 g/mol. The summed E-state index contributed by atoms with van der Waals surface area (Å²) in [6.45, 7) is 1.46. The van der Waals surface area contributed by atoms with Crippen LogP contribution in [0.2, 0.25) is 0 Å². The number of nitrogens with zero attached hydrogens (tertiary/aromatic N) is 2. The zero-order valence-corrected chi connectivity index (χ0v) is 14.0. The number of carbonyl (C=O) groups excluding carboxylic acids is 1. The third kappa shape index (κ3) is 3.95. The normalized spacial score (nSPS) is 26.2. The van der Waals surface area contributed by atoms with E-state index < -0.39 is 25.1 Å². The number of hydrogen-bond acceptors (Lipinski definition) is 5. The lowest BCUT2D eigenvalue weighted by Gasteiger charge is -2.31. The Bertz CT molecular complexity index is 606. The molecule has 0 spiro atoms. The van der Waals surface area contributed by atoms with Crippen LogP contribution in [0.1, 0.15) is 19.3 Å². The Kier molecular flexibility index (Phi) is 4.65. The summed E-state index contributed by atoms with van der Waals surface area (Å²) in [7, 11) is -6.30. The van der Waals surface area contributed by atoms with E-state index in [4.69, 9.17) is 0 Å². The molecule has 2 aliphatic rings. The van der Waals surface area contributed by atoms with Crippen molar-refractivity contribution in [2.75, 3.05) is 38.7 Å². The molecular weight excluding hydrogens is 316 g/mol. The molecule has 2 fully saturated rings. The highest BCUT2D eigenvalue weighted by molar-refractivity contribution is 7.91. The third-order valence-corrected chi connectivity index (χ3v) is 7.23. The van der Waals surface area contributed by atoms with Crippen LogP contribution in [0.15, 0.2) is 0 Å². The Balaban J connectivity index is 1.92. The van der Waals surface area contributed by atoms with Gasteiger partial charge in [0.2, 0.25) is 15.9 Å². The zero-order valence-electron chi connectivity index (χ0n) is 12.4. The highest BCUT2D eigenvalue weighted by Crippen LogP contribution is 2.24. The predicted molar refractivity (Wildman–Crippen MR) is 79.0 cm³/mol. The topological polar surface area (TPSA) is 91.8 Å². The van der Waals surface area contributed by atoms with Gasteiger partial charge in [-0.2, -0.15) is 0 Å². The summed E-state index contributed by atoms with van der Waals surface area (Å²) in [6.07, 6.45) is 3.88. The minimum Gasteiger partial charge on any atom is -0.341 e. The second-order valence-corrected chi connectivity index (χ2v) is 10.3. The molecule has 21 heavy (non-hydrogen) atoms. The Morgan fingerprint density at radius 2 is 1.52 bits per heavy atom. The molecule has 1 unspecified atom stereocenters. The molecule has 122 valence electrons. The largest absolute Gasteiger partial charge is 0.341 e. The van der Waals surface area contributed by atoms with Gasteiger partial charge < -0.3 is 4.90 Å². The molecule has 0 radical (unpaired) electrons. The minimum atomic E-state index is -3.19. The van der Waals surface area contributed by atoms with Crippen molar-refractivity contribution in [2.24, 2.45) is 5.92 Å². The first kappa shape index (κ1) is 16.7. The van der Waals surface area contributed by atoms with Crippen LogP contribution >= 0.6 is 0 Å². The summed E-state index contributed by atoms with van der Waals surface area (Å²) in [6, 6.07) is 0. The number of sulfone groups is 1. The first-order valence-corrected chi connectivity index (χ1v) is 10.8. The van der Waals surface area contributed by atoms with Crippen molar-refractivity contribution >= 4 is 25.8 Å². The maximum atomic E-state index is 12.4. The molecule has 2 saturated heterocycles. The van der Waals surface area contributed by atoms with Gasteiger partial charge in [0.1, 0.15) is 0 Å². The molecule has 0 aromatic rings. The fourth-order valence-electron chi connectivity index (χ4n) is 2.97. The number of hydrogen-bond donors (Lipinski definition) is 0. The fraction of sp³-hybridized carbons (Fsp3) is 0.917. The van der Waals surface area contributed by atoms with Gasteiger partial charge in [-0.3, -0.25) is 4.79 Å². The lowest BCUT2D eigenvalue weighted by atomic mass is 9.97. The van der Waals surface area contributed by atoms with Gasteiger partial charge in [-0.05, 0) is 19.3 Å². The summed E-state index contributed by atoms with van der Waals surface area (Å²) in [5.41, 5.74) is 0. The van der Waals surface area contributed by atoms with Crippen LogP contribution in [0.4, 0.5) is 0 Å². The molecule has 7 nitrogen and oxygen atoms in total. The maximum absolute atomic E-state index is 12.4. The Labute approximate surface area is 126 Å². The number of amides is 1. The van der Waals surface area contributed by atoms with Gasteiger partial charge >= 0.3 is 0 Å². The van der Waals surface area contributed by atoms with Crippen molar-refractivity contribution in [1.82, 2.24) is 9.21 Å². The van der Waals surface area contributed by atoms with E-state index in [2.05, 4.69) is 0 Å². The van der Waals surface area contributed by atoms with Crippen LogP contribution in [0.3, 0.4) is 0 Å². The first-order valence-electron chi connectivity index (χ1n) is 7.02. The summed E-state index contributed by atoms with van der Waals surface area (Å²) in [5.74, 6) is -0.226. The van der Waals surface area contributed by atoms with Gasteiger partial charge in [-0.1, -0.05) is 0 Å². The molecule has 1 amide bonds. The van der Waals surface area contributed by atoms with Crippen molar-refractivity contribution in [3.63, 3.8) is 0 Å². The monoisotopic (exact) mass is 338 g/mol. The summed E-state index contributed by atoms with van der Waals surface area (Å²) >= 11 is 0. The van der Waals surface area contributed by atoms with Crippen molar-refractivity contribution < 1.29 is 21.6 Å². The number of sulfonamides is 1. The lowest BCUT2D eigenvalue weighted by molar-refractivity contribution is -0.135. The van der Waals surface area contributed by atoms with E-state index in [1.165, 1.54) is 16.8 Å². The molecule has 9 heteroatoms. The van der Waals surface area contributed by atoms with E-state index in [1.54, 1.807) is 4.90 Å². The molecule has 2 rings (SSSR count). The van der Waals surface area contributed by atoms with Gasteiger partial charge in [0.25, 0.3) is 0 Å². The molecule has 0 aromatic carbocycles. The quantitative estimate of drug-likeness (QED) is 0.679. The van der Waals surface area contributed by atoms with Crippen LogP contribution in [0.5, 0.6) is 0 Å². The fourth-order valence-corrected chi connectivity index (χ4v) is 4.83. The highest BCUT2D eigenvalue weighted by atomic mass is 32.2. The second kappa shape index (κ2) is 5.85. The highest BCUT2D eigenvalue weighted by Gasteiger charge is 2.37. The predicted octanol–water partition coefficient (Wildman–Crippen LogP) is -0.696. The second-order valence-electron chi connectivity index (χ2n) is 5.96. The van der Waals surface area contributed by atoms with Gasteiger partial charge in [-0.25, -0.2) is 21.1 Å². The molecule has 2 heterocycles. The van der Waals surface area contributed by atoms with E-state index in [0.717, 1.165) is 0 Å². The molecule has 0 saturated carbocycles. The Morgan fingerprint density at radius 1 is 0.952 bits per heavy atom. The van der Waals surface area contributed by atoms with E-state index in [9.17, 15) is 21.6 Å². The summed E-state index contributed by atoms with van der Waals surface area (Å²) < 4.78 is 47.3. The number of rotatable bonds is 3. The first-order chi connectivity index (χ1) is 9.59. The average Bonchev–Trinajstić information content (AvgIpc) is 2.86. The van der Waals surface area contributed by atoms with Crippen molar-refractivity contribution in [3.8, 4) is 0 Å². The molecule has 1 atom stereocenters. The standard InChI is InChI=1S/C12H22N2O5S2/c1-20(16,17)11-5-6-13(9-11)12(15)10-3-7-14(8-4-10)21(2,18)19/h10-11H,3-9H2,1-2H3. The lowest BCUT2D eigenvalue weighted by Crippen LogP contribution is -2.43. The molecule has 2 aliphatic heterocycles. The van der Waals surface area contributed by atoms with Gasteiger partial charge in [-0.15, -0.1) is 0 Å². The van der Waals surface area contributed by atoms with Gasteiger partial charge in [0, 0.05) is 38.4 Å². The van der Waals surface area contributed by atoms with Crippen LogP contribution in [-0.4, -0.2) is 75.9 Å². The molecular formula is C12H22N2O5S2. The Hall–Kier alpha value is -0.670.